The minimum Gasteiger partial charge on any atom is -0.300 e. The number of Topliss-reactive ketones (excluding diaryl/α,β-unsaturated/α-hetero) is 2. The molecular weight excluding hydrogens is 164 g/mol. The van der Waals surface area contributed by atoms with Gasteiger partial charge in [0.1, 0.15) is 11.6 Å². The van der Waals surface area contributed by atoms with Gasteiger partial charge in [-0.05, 0) is 26.7 Å². The lowest BCUT2D eigenvalue weighted by Gasteiger charge is -2.34. The zero-order chi connectivity index (χ0) is 10.1. The van der Waals surface area contributed by atoms with Gasteiger partial charge >= 0.3 is 0 Å². The van der Waals surface area contributed by atoms with Gasteiger partial charge in [-0.2, -0.15) is 0 Å². The smallest absolute Gasteiger partial charge is 0.139 e. The summed E-state index contributed by atoms with van der Waals surface area (Å²) in [5.74, 6) is 0.436. The monoisotopic (exact) mass is 180 g/mol. The van der Waals surface area contributed by atoms with Crippen molar-refractivity contribution in [2.45, 2.75) is 39.5 Å². The Labute approximate surface area is 79.0 Å². The molecule has 0 radical (unpaired) electrons. The van der Waals surface area contributed by atoms with Crippen LogP contribution >= 0.6 is 0 Å². The Morgan fingerprint density at radius 2 is 1.77 bits per heavy atom. The molecule has 13 heavy (non-hydrogen) atoms. The van der Waals surface area contributed by atoms with Gasteiger partial charge in [-0.1, -0.05) is 12.2 Å². The van der Waals surface area contributed by atoms with Crippen LogP contribution in [0.15, 0.2) is 12.2 Å². The summed E-state index contributed by atoms with van der Waals surface area (Å²) in [5.41, 5.74) is 0.515. The van der Waals surface area contributed by atoms with Crippen LogP contribution in [0.3, 0.4) is 0 Å². The molecule has 1 rings (SSSR count). The van der Waals surface area contributed by atoms with Gasteiger partial charge in [-0.15, -0.1) is 0 Å². The van der Waals surface area contributed by atoms with E-state index in [4.69, 9.17) is 0 Å². The number of rotatable bonds is 2. The summed E-state index contributed by atoms with van der Waals surface area (Å²) in [7, 11) is 0. The van der Waals surface area contributed by atoms with Crippen LogP contribution in [0.4, 0.5) is 0 Å². The Bertz CT molecular complexity index is 237. The van der Waals surface area contributed by atoms with E-state index in [1.54, 1.807) is 6.92 Å². The van der Waals surface area contributed by atoms with Crippen LogP contribution < -0.4 is 0 Å². The van der Waals surface area contributed by atoms with Crippen molar-refractivity contribution in [1.29, 1.82) is 0 Å². The van der Waals surface area contributed by atoms with Gasteiger partial charge in [0.05, 0.1) is 0 Å². The molecule has 0 aromatic rings. The van der Waals surface area contributed by atoms with Crippen molar-refractivity contribution in [1.82, 2.24) is 0 Å². The van der Waals surface area contributed by atoms with E-state index < -0.39 is 5.41 Å². The number of hydrogen-bond donors (Lipinski definition) is 0. The predicted octanol–water partition coefficient (Wildman–Crippen LogP) is 2.28. The van der Waals surface area contributed by atoms with Crippen molar-refractivity contribution < 1.29 is 9.59 Å². The van der Waals surface area contributed by atoms with E-state index >= 15 is 0 Å². The molecule has 0 unspecified atom stereocenters. The molecule has 72 valence electrons. The van der Waals surface area contributed by atoms with Crippen LogP contribution in [0.1, 0.15) is 39.5 Å². The van der Waals surface area contributed by atoms with E-state index in [0.29, 0.717) is 25.7 Å². The maximum absolute atomic E-state index is 11.5. The van der Waals surface area contributed by atoms with E-state index in [1.807, 2.05) is 6.92 Å². The van der Waals surface area contributed by atoms with Crippen molar-refractivity contribution in [2.75, 3.05) is 0 Å². The van der Waals surface area contributed by atoms with Crippen molar-refractivity contribution in [3.05, 3.63) is 12.2 Å². The van der Waals surface area contributed by atoms with Gasteiger partial charge in [0.15, 0.2) is 0 Å². The molecule has 0 spiro atoms. The number of allylic oxidation sites excluding steroid dienone is 1. The first-order chi connectivity index (χ1) is 5.99. The van der Waals surface area contributed by atoms with Gasteiger partial charge < -0.3 is 0 Å². The summed E-state index contributed by atoms with van der Waals surface area (Å²) in [6, 6.07) is 0. The van der Waals surface area contributed by atoms with E-state index in [2.05, 4.69) is 6.58 Å². The minimum atomic E-state index is -0.395. The number of hydrogen-bond acceptors (Lipinski definition) is 2. The summed E-state index contributed by atoms with van der Waals surface area (Å²) in [4.78, 5) is 22.6. The van der Waals surface area contributed by atoms with Gasteiger partial charge in [0.2, 0.25) is 0 Å². The Morgan fingerprint density at radius 3 is 2.08 bits per heavy atom. The molecule has 0 amide bonds. The van der Waals surface area contributed by atoms with Crippen molar-refractivity contribution in [3.8, 4) is 0 Å². The number of carbonyl (C=O) groups excluding carboxylic acids is 2. The molecule has 0 aromatic heterocycles. The molecule has 0 atom stereocenters. The lowest BCUT2D eigenvalue weighted by Crippen LogP contribution is -2.34. The first kappa shape index (κ1) is 10.2. The highest BCUT2D eigenvalue weighted by Crippen LogP contribution is 2.41. The maximum Gasteiger partial charge on any atom is 0.139 e. The lowest BCUT2D eigenvalue weighted by molar-refractivity contribution is -0.129. The molecule has 0 saturated heterocycles. The largest absolute Gasteiger partial charge is 0.300 e. The Hall–Kier alpha value is -0.920. The number of ketones is 2. The fraction of sp³-hybridized carbons (Fsp3) is 0.636. The van der Waals surface area contributed by atoms with Gasteiger partial charge in [0.25, 0.3) is 0 Å². The highest BCUT2D eigenvalue weighted by molar-refractivity contribution is 5.89. The van der Waals surface area contributed by atoms with Crippen molar-refractivity contribution >= 4 is 11.6 Å². The third kappa shape index (κ3) is 1.71. The summed E-state index contributed by atoms with van der Waals surface area (Å²) >= 11 is 0. The average Bonchev–Trinajstić information content (AvgIpc) is 2.04. The normalized spacial score (nSPS) is 21.2. The molecule has 0 heterocycles. The van der Waals surface area contributed by atoms with Gasteiger partial charge in [0, 0.05) is 18.3 Å². The zero-order valence-electron chi connectivity index (χ0n) is 8.35. The molecule has 0 bridgehead atoms. The Balaban J connectivity index is 2.87. The van der Waals surface area contributed by atoms with E-state index in [0.717, 1.165) is 5.57 Å². The van der Waals surface area contributed by atoms with Crippen molar-refractivity contribution in [2.24, 2.45) is 5.41 Å². The topological polar surface area (TPSA) is 34.1 Å². The second-order valence-electron chi connectivity index (χ2n) is 3.96. The molecule has 1 fully saturated rings. The zero-order valence-corrected chi connectivity index (χ0v) is 8.35. The van der Waals surface area contributed by atoms with Crippen molar-refractivity contribution in [3.63, 3.8) is 0 Å². The third-order valence-corrected chi connectivity index (χ3v) is 3.15. The van der Waals surface area contributed by atoms with Crippen LogP contribution in [0, 0.1) is 5.41 Å². The average molecular weight is 180 g/mol. The van der Waals surface area contributed by atoms with E-state index in [1.165, 1.54) is 0 Å². The molecule has 2 heteroatoms. The fourth-order valence-corrected chi connectivity index (χ4v) is 2.03. The molecule has 1 aliphatic rings. The molecule has 1 saturated carbocycles. The van der Waals surface area contributed by atoms with Crippen LogP contribution in [0.5, 0.6) is 0 Å². The van der Waals surface area contributed by atoms with E-state index in [9.17, 15) is 9.59 Å². The highest BCUT2D eigenvalue weighted by Gasteiger charge is 2.39. The second-order valence-corrected chi connectivity index (χ2v) is 3.96. The molecule has 0 aliphatic heterocycles. The quantitative estimate of drug-likeness (QED) is 0.611. The third-order valence-electron chi connectivity index (χ3n) is 3.15. The molecule has 0 N–H and O–H groups in total. The second kappa shape index (κ2) is 3.44. The SMILES string of the molecule is C=C(C)C1(C(C)=O)CCC(=O)CC1. The first-order valence-electron chi connectivity index (χ1n) is 4.68. The standard InChI is InChI=1S/C11H16O2/c1-8(2)11(9(3)12)6-4-10(13)5-7-11/h1,4-7H2,2-3H3. The predicted molar refractivity (Wildman–Crippen MR) is 51.4 cm³/mol. The van der Waals surface area contributed by atoms with Crippen LogP contribution in [0.2, 0.25) is 0 Å². The Morgan fingerprint density at radius 1 is 1.31 bits per heavy atom. The van der Waals surface area contributed by atoms with Crippen LogP contribution in [0.25, 0.3) is 0 Å². The summed E-state index contributed by atoms with van der Waals surface area (Å²) in [6.45, 7) is 7.35. The molecule has 0 aromatic carbocycles. The van der Waals surface area contributed by atoms with Crippen LogP contribution in [-0.2, 0) is 9.59 Å². The number of carbonyl (C=O) groups is 2. The maximum atomic E-state index is 11.5. The summed E-state index contributed by atoms with van der Waals surface area (Å²) in [5, 5.41) is 0. The van der Waals surface area contributed by atoms with Gasteiger partial charge in [-0.3, -0.25) is 9.59 Å². The first-order valence-corrected chi connectivity index (χ1v) is 4.68. The lowest BCUT2D eigenvalue weighted by atomic mass is 9.67. The minimum absolute atomic E-state index is 0.160. The molecule has 1 aliphatic carbocycles. The molecular formula is C11H16O2. The Kier molecular flexibility index (Phi) is 2.69. The summed E-state index contributed by atoms with van der Waals surface area (Å²) in [6.07, 6.45) is 2.39. The van der Waals surface area contributed by atoms with E-state index in [-0.39, 0.29) is 11.6 Å². The van der Waals surface area contributed by atoms with Gasteiger partial charge in [-0.25, -0.2) is 0 Å². The van der Waals surface area contributed by atoms with Crippen LogP contribution in [-0.4, -0.2) is 11.6 Å². The highest BCUT2D eigenvalue weighted by atomic mass is 16.1. The summed E-state index contributed by atoms with van der Waals surface area (Å²) < 4.78 is 0. The fourth-order valence-electron chi connectivity index (χ4n) is 2.03. The molecule has 2 nitrogen and oxygen atoms in total.